The zero-order valence-corrected chi connectivity index (χ0v) is 14.6. The summed E-state index contributed by atoms with van der Waals surface area (Å²) in [4.78, 5) is 2.68. The molecule has 3 heteroatoms. The van der Waals surface area contributed by atoms with Gasteiger partial charge in [0, 0.05) is 28.9 Å². The Bertz CT molecular complexity index is 191. The van der Waals surface area contributed by atoms with Crippen molar-refractivity contribution in [2.75, 3.05) is 25.0 Å². The molecule has 1 aliphatic rings. The Morgan fingerprint density at radius 1 is 0.889 bits per heavy atom. The summed E-state index contributed by atoms with van der Waals surface area (Å²) in [7, 11) is 0. The molecule has 1 aliphatic heterocycles. The Labute approximate surface area is 127 Å². The first-order chi connectivity index (χ1) is 8.72. The third-order valence-electron chi connectivity index (χ3n) is 3.60. The lowest BCUT2D eigenvalue weighted by atomic mass is 10.1. The van der Waals surface area contributed by atoms with Gasteiger partial charge in [0.1, 0.15) is 0 Å². The average Bonchev–Trinajstić information content (AvgIpc) is 2.31. The normalized spacial score (nSPS) is 25.5. The van der Waals surface area contributed by atoms with Crippen LogP contribution in [0.2, 0.25) is 0 Å². The quantitative estimate of drug-likeness (QED) is 0.433. The van der Waals surface area contributed by atoms with Crippen LogP contribution in [0, 0.1) is 0 Å². The molecule has 0 radical (unpaired) electrons. The molecule has 0 amide bonds. The van der Waals surface area contributed by atoms with E-state index in [0.717, 1.165) is 10.5 Å². The minimum Gasteiger partial charge on any atom is -0.301 e. The van der Waals surface area contributed by atoms with Crippen molar-refractivity contribution in [2.24, 2.45) is 0 Å². The van der Waals surface area contributed by atoms with Crippen molar-refractivity contribution in [1.29, 1.82) is 0 Å². The Morgan fingerprint density at radius 3 is 1.94 bits per heavy atom. The second-order valence-corrected chi connectivity index (χ2v) is 8.36. The van der Waals surface area contributed by atoms with Crippen LogP contribution in [0.5, 0.6) is 0 Å². The lowest BCUT2D eigenvalue weighted by molar-refractivity contribution is 0.264. The summed E-state index contributed by atoms with van der Waals surface area (Å²) in [5.41, 5.74) is 0. The summed E-state index contributed by atoms with van der Waals surface area (Å²) in [6.07, 6.45) is 9.90. The molecule has 0 aromatic rings. The molecule has 1 saturated heterocycles. The van der Waals surface area contributed by atoms with E-state index in [1.807, 2.05) is 0 Å². The van der Waals surface area contributed by atoms with Crippen LogP contribution in [-0.2, 0) is 0 Å². The predicted molar refractivity (Wildman–Crippen MR) is 89.1 cm³/mol. The van der Waals surface area contributed by atoms with E-state index in [1.54, 1.807) is 0 Å². The van der Waals surface area contributed by atoms with E-state index in [9.17, 15) is 0 Å². The first-order valence-electron chi connectivity index (χ1n) is 7.66. The number of rotatable bonds is 9. The smallest absolute Gasteiger partial charge is 0.0149 e. The van der Waals surface area contributed by atoms with Crippen molar-refractivity contribution in [2.45, 2.75) is 69.3 Å². The van der Waals surface area contributed by atoms with Crippen LogP contribution in [0.15, 0.2) is 0 Å². The summed E-state index contributed by atoms with van der Waals surface area (Å²) in [5.74, 6) is 0. The van der Waals surface area contributed by atoms with Gasteiger partial charge in [0.25, 0.3) is 0 Å². The number of alkyl halides is 1. The maximum atomic E-state index is 3.49. The van der Waals surface area contributed by atoms with E-state index in [1.165, 1.54) is 69.9 Å². The first kappa shape index (κ1) is 16.8. The summed E-state index contributed by atoms with van der Waals surface area (Å²) >= 11 is 5.64. The standard InChI is InChI=1S/C15H30BrNS/c1-14-12-17(13-15(2)18-14)11-9-7-5-3-4-6-8-10-16/h14-15H,3-13H2,1-2H3. The maximum absolute atomic E-state index is 3.49. The van der Waals surface area contributed by atoms with Crippen LogP contribution in [0.3, 0.4) is 0 Å². The highest BCUT2D eigenvalue weighted by Crippen LogP contribution is 2.24. The minimum absolute atomic E-state index is 0.831. The van der Waals surface area contributed by atoms with E-state index in [4.69, 9.17) is 0 Å². The third kappa shape index (κ3) is 8.06. The molecular weight excluding hydrogens is 306 g/mol. The third-order valence-corrected chi connectivity index (χ3v) is 5.39. The average molecular weight is 336 g/mol. The van der Waals surface area contributed by atoms with Gasteiger partial charge in [-0.05, 0) is 19.4 Å². The summed E-state index contributed by atoms with van der Waals surface area (Å²) in [6, 6.07) is 0. The molecule has 0 aliphatic carbocycles. The van der Waals surface area contributed by atoms with Crippen LogP contribution < -0.4 is 0 Å². The minimum atomic E-state index is 0.831. The molecule has 108 valence electrons. The highest BCUT2D eigenvalue weighted by molar-refractivity contribution is 9.09. The SMILES string of the molecule is CC1CN(CCCCCCCCCBr)CC(C)S1. The highest BCUT2D eigenvalue weighted by Gasteiger charge is 2.21. The molecular formula is C15H30BrNS. The number of nitrogens with zero attached hydrogens (tertiary/aromatic N) is 1. The fourth-order valence-electron chi connectivity index (χ4n) is 2.78. The van der Waals surface area contributed by atoms with Gasteiger partial charge in [-0.2, -0.15) is 11.8 Å². The fraction of sp³-hybridized carbons (Fsp3) is 1.00. The van der Waals surface area contributed by atoms with E-state index in [2.05, 4.69) is 46.4 Å². The van der Waals surface area contributed by atoms with E-state index in [-0.39, 0.29) is 0 Å². The van der Waals surface area contributed by atoms with Crippen molar-refractivity contribution < 1.29 is 0 Å². The number of halogens is 1. The van der Waals surface area contributed by atoms with Gasteiger partial charge in [0.2, 0.25) is 0 Å². The topological polar surface area (TPSA) is 3.24 Å². The molecule has 2 unspecified atom stereocenters. The van der Waals surface area contributed by atoms with Crippen molar-refractivity contribution in [1.82, 2.24) is 4.90 Å². The number of hydrogen-bond acceptors (Lipinski definition) is 2. The predicted octanol–water partition coefficient (Wildman–Crippen LogP) is 4.94. The van der Waals surface area contributed by atoms with Gasteiger partial charge in [0.05, 0.1) is 0 Å². The summed E-state index contributed by atoms with van der Waals surface area (Å²) in [5, 5.41) is 2.84. The summed E-state index contributed by atoms with van der Waals surface area (Å²) < 4.78 is 0. The van der Waals surface area contributed by atoms with E-state index >= 15 is 0 Å². The Morgan fingerprint density at radius 2 is 1.39 bits per heavy atom. The number of hydrogen-bond donors (Lipinski definition) is 0. The van der Waals surface area contributed by atoms with Gasteiger partial charge in [-0.25, -0.2) is 0 Å². The Hall–Kier alpha value is 0.790. The monoisotopic (exact) mass is 335 g/mol. The summed E-state index contributed by atoms with van der Waals surface area (Å²) in [6.45, 7) is 8.69. The maximum Gasteiger partial charge on any atom is 0.0149 e. The molecule has 2 atom stereocenters. The number of thioether (sulfide) groups is 1. The van der Waals surface area contributed by atoms with E-state index < -0.39 is 0 Å². The molecule has 0 saturated carbocycles. The van der Waals surface area contributed by atoms with Gasteiger partial charge in [0.15, 0.2) is 0 Å². The highest BCUT2D eigenvalue weighted by atomic mass is 79.9. The van der Waals surface area contributed by atoms with Crippen molar-refractivity contribution in [3.05, 3.63) is 0 Å². The molecule has 0 N–H and O–H groups in total. The van der Waals surface area contributed by atoms with Crippen LogP contribution >= 0.6 is 27.7 Å². The molecule has 0 aromatic heterocycles. The van der Waals surface area contributed by atoms with Crippen LogP contribution in [0.4, 0.5) is 0 Å². The molecule has 0 aromatic carbocycles. The van der Waals surface area contributed by atoms with Crippen molar-refractivity contribution in [3.63, 3.8) is 0 Å². The second-order valence-electron chi connectivity index (χ2n) is 5.68. The molecule has 0 spiro atoms. The molecule has 1 nitrogen and oxygen atoms in total. The zero-order valence-electron chi connectivity index (χ0n) is 12.2. The Kier molecular flexibility index (Phi) is 9.88. The van der Waals surface area contributed by atoms with Crippen molar-refractivity contribution in [3.8, 4) is 0 Å². The van der Waals surface area contributed by atoms with Gasteiger partial charge in [-0.1, -0.05) is 61.9 Å². The van der Waals surface area contributed by atoms with Crippen LogP contribution in [-0.4, -0.2) is 40.4 Å². The molecule has 1 fully saturated rings. The molecule has 1 rings (SSSR count). The van der Waals surface area contributed by atoms with Gasteiger partial charge in [-0.3, -0.25) is 0 Å². The Balaban J connectivity index is 1.91. The number of unbranched alkanes of at least 4 members (excludes halogenated alkanes) is 6. The molecule has 18 heavy (non-hydrogen) atoms. The lowest BCUT2D eigenvalue weighted by Gasteiger charge is -2.34. The van der Waals surface area contributed by atoms with Gasteiger partial charge < -0.3 is 4.90 Å². The molecule has 1 heterocycles. The van der Waals surface area contributed by atoms with Crippen LogP contribution in [0.1, 0.15) is 58.8 Å². The lowest BCUT2D eigenvalue weighted by Crippen LogP contribution is -2.40. The van der Waals surface area contributed by atoms with Crippen molar-refractivity contribution >= 4 is 27.7 Å². The largest absolute Gasteiger partial charge is 0.301 e. The second kappa shape index (κ2) is 10.6. The van der Waals surface area contributed by atoms with Crippen LogP contribution in [0.25, 0.3) is 0 Å². The van der Waals surface area contributed by atoms with Gasteiger partial charge >= 0.3 is 0 Å². The first-order valence-corrected chi connectivity index (χ1v) is 9.72. The fourth-order valence-corrected chi connectivity index (χ4v) is 4.56. The van der Waals surface area contributed by atoms with Gasteiger partial charge in [-0.15, -0.1) is 0 Å². The van der Waals surface area contributed by atoms with E-state index in [0.29, 0.717) is 0 Å². The zero-order chi connectivity index (χ0) is 13.2. The molecule has 0 bridgehead atoms.